The topological polar surface area (TPSA) is 45.5 Å². The Hall–Kier alpha value is -1.64. The van der Waals surface area contributed by atoms with Crippen molar-refractivity contribution in [3.63, 3.8) is 0 Å². The van der Waals surface area contributed by atoms with Gasteiger partial charge < -0.3 is 14.4 Å². The van der Waals surface area contributed by atoms with Gasteiger partial charge >= 0.3 is 0 Å². The summed E-state index contributed by atoms with van der Waals surface area (Å²) in [7, 11) is 0. The van der Waals surface area contributed by atoms with E-state index in [9.17, 15) is 4.39 Å². The maximum atomic E-state index is 13.7. The second kappa shape index (κ2) is 7.08. The van der Waals surface area contributed by atoms with Crippen molar-refractivity contribution in [2.24, 2.45) is 5.92 Å². The number of anilines is 1. The van der Waals surface area contributed by atoms with E-state index in [2.05, 4.69) is 4.90 Å². The Labute approximate surface area is 130 Å². The van der Waals surface area contributed by atoms with Gasteiger partial charge in [-0.15, -0.1) is 0 Å². The predicted molar refractivity (Wildman–Crippen MR) is 81.2 cm³/mol. The van der Waals surface area contributed by atoms with Crippen LogP contribution in [0.15, 0.2) is 18.2 Å². The van der Waals surface area contributed by atoms with Crippen molar-refractivity contribution in [3.05, 3.63) is 29.6 Å². The first-order chi connectivity index (χ1) is 10.8. The summed E-state index contributed by atoms with van der Waals surface area (Å²) in [4.78, 5) is 2.08. The van der Waals surface area contributed by atoms with E-state index in [0.29, 0.717) is 11.6 Å². The molecule has 0 N–H and O–H groups in total. The Morgan fingerprint density at radius 2 is 2.14 bits per heavy atom. The Balaban J connectivity index is 1.53. The standard InChI is InChI=1S/C17H21FN2O2/c18-16-2-1-3-17(15(16)10-19)20-7-4-14(5-8-20)22-12-13-6-9-21-11-13/h1-3,13-14H,4-9,11-12H2. The molecule has 2 fully saturated rings. The van der Waals surface area contributed by atoms with E-state index in [1.165, 1.54) is 6.07 Å². The number of nitriles is 1. The molecule has 5 heteroatoms. The third-order valence-corrected chi connectivity index (χ3v) is 4.48. The lowest BCUT2D eigenvalue weighted by Crippen LogP contribution is -2.38. The van der Waals surface area contributed by atoms with Crippen LogP contribution in [-0.4, -0.2) is 39.0 Å². The molecule has 0 aliphatic carbocycles. The zero-order valence-corrected chi connectivity index (χ0v) is 12.6. The van der Waals surface area contributed by atoms with Gasteiger partial charge in [0.15, 0.2) is 0 Å². The molecule has 2 aliphatic heterocycles. The molecule has 2 heterocycles. The van der Waals surface area contributed by atoms with Crippen LogP contribution in [0.25, 0.3) is 0 Å². The van der Waals surface area contributed by atoms with Gasteiger partial charge in [-0.3, -0.25) is 0 Å². The minimum absolute atomic E-state index is 0.143. The van der Waals surface area contributed by atoms with E-state index in [0.717, 1.165) is 52.2 Å². The van der Waals surface area contributed by atoms with Crippen LogP contribution in [0.1, 0.15) is 24.8 Å². The van der Waals surface area contributed by atoms with E-state index >= 15 is 0 Å². The van der Waals surface area contributed by atoms with Gasteiger partial charge in [-0.05, 0) is 31.4 Å². The average molecular weight is 304 g/mol. The zero-order chi connectivity index (χ0) is 15.4. The molecule has 22 heavy (non-hydrogen) atoms. The molecule has 2 saturated heterocycles. The number of ether oxygens (including phenoxy) is 2. The molecular formula is C17H21FN2O2. The minimum atomic E-state index is -0.445. The number of halogens is 1. The van der Waals surface area contributed by atoms with Crippen molar-refractivity contribution in [2.75, 3.05) is 37.8 Å². The fraction of sp³-hybridized carbons (Fsp3) is 0.588. The lowest BCUT2D eigenvalue weighted by Gasteiger charge is -2.34. The van der Waals surface area contributed by atoms with Crippen LogP contribution in [0.4, 0.5) is 10.1 Å². The van der Waals surface area contributed by atoms with Crippen LogP contribution >= 0.6 is 0 Å². The smallest absolute Gasteiger partial charge is 0.143 e. The van der Waals surface area contributed by atoms with Crippen molar-refractivity contribution >= 4 is 5.69 Å². The van der Waals surface area contributed by atoms with E-state index in [1.807, 2.05) is 12.1 Å². The molecule has 1 aromatic carbocycles. The van der Waals surface area contributed by atoms with Crippen molar-refractivity contribution in [1.82, 2.24) is 0 Å². The molecular weight excluding hydrogens is 283 g/mol. The lowest BCUT2D eigenvalue weighted by atomic mass is 10.0. The summed E-state index contributed by atoms with van der Waals surface area (Å²) in [5.41, 5.74) is 0.843. The van der Waals surface area contributed by atoms with Gasteiger partial charge in [0.25, 0.3) is 0 Å². The maximum Gasteiger partial charge on any atom is 0.143 e. The molecule has 0 aromatic heterocycles. The fourth-order valence-corrected chi connectivity index (χ4v) is 3.14. The molecule has 0 radical (unpaired) electrons. The first kappa shape index (κ1) is 15.3. The number of rotatable bonds is 4. The lowest BCUT2D eigenvalue weighted by molar-refractivity contribution is 0.0131. The van der Waals surface area contributed by atoms with Crippen LogP contribution in [0, 0.1) is 23.1 Å². The summed E-state index contributed by atoms with van der Waals surface area (Å²) >= 11 is 0. The summed E-state index contributed by atoms with van der Waals surface area (Å²) in [6, 6.07) is 6.79. The Morgan fingerprint density at radius 1 is 1.32 bits per heavy atom. The molecule has 3 rings (SSSR count). The highest BCUT2D eigenvalue weighted by molar-refractivity contribution is 5.60. The average Bonchev–Trinajstić information content (AvgIpc) is 3.07. The molecule has 2 aliphatic rings. The highest BCUT2D eigenvalue weighted by Crippen LogP contribution is 2.27. The summed E-state index contributed by atoms with van der Waals surface area (Å²) < 4.78 is 25.0. The Kier molecular flexibility index (Phi) is 4.91. The molecule has 118 valence electrons. The number of hydrogen-bond acceptors (Lipinski definition) is 4. The highest BCUT2D eigenvalue weighted by Gasteiger charge is 2.24. The minimum Gasteiger partial charge on any atom is -0.381 e. The quantitative estimate of drug-likeness (QED) is 0.858. The van der Waals surface area contributed by atoms with E-state index in [-0.39, 0.29) is 11.7 Å². The Morgan fingerprint density at radius 3 is 2.82 bits per heavy atom. The second-order valence-electron chi connectivity index (χ2n) is 6.00. The van der Waals surface area contributed by atoms with Crippen molar-refractivity contribution in [3.8, 4) is 6.07 Å². The normalized spacial score (nSPS) is 22.7. The van der Waals surface area contributed by atoms with Gasteiger partial charge in [0.1, 0.15) is 17.4 Å². The van der Waals surface area contributed by atoms with Gasteiger partial charge in [0.2, 0.25) is 0 Å². The monoisotopic (exact) mass is 304 g/mol. The van der Waals surface area contributed by atoms with Crippen molar-refractivity contribution in [1.29, 1.82) is 5.26 Å². The second-order valence-corrected chi connectivity index (χ2v) is 6.00. The van der Waals surface area contributed by atoms with Gasteiger partial charge in [0, 0.05) is 25.6 Å². The predicted octanol–water partition coefficient (Wildman–Crippen LogP) is 2.72. The molecule has 1 unspecified atom stereocenters. The highest BCUT2D eigenvalue weighted by atomic mass is 19.1. The van der Waals surface area contributed by atoms with E-state index in [1.54, 1.807) is 6.07 Å². The summed E-state index contributed by atoms with van der Waals surface area (Å²) in [5, 5.41) is 9.13. The van der Waals surface area contributed by atoms with E-state index < -0.39 is 5.82 Å². The maximum absolute atomic E-state index is 13.7. The van der Waals surface area contributed by atoms with E-state index in [4.69, 9.17) is 14.7 Å². The van der Waals surface area contributed by atoms with Crippen LogP contribution < -0.4 is 4.90 Å². The first-order valence-electron chi connectivity index (χ1n) is 7.91. The largest absolute Gasteiger partial charge is 0.381 e. The summed E-state index contributed by atoms with van der Waals surface area (Å²) in [6.07, 6.45) is 3.17. The Bertz CT molecular complexity index is 544. The van der Waals surface area contributed by atoms with Crippen LogP contribution in [0.3, 0.4) is 0 Å². The van der Waals surface area contributed by atoms with Gasteiger partial charge in [0.05, 0.1) is 25.0 Å². The summed E-state index contributed by atoms with van der Waals surface area (Å²) in [5.74, 6) is 0.0889. The van der Waals surface area contributed by atoms with Gasteiger partial charge in [-0.1, -0.05) is 6.07 Å². The third kappa shape index (κ3) is 3.40. The molecule has 0 amide bonds. The fourth-order valence-electron chi connectivity index (χ4n) is 3.14. The molecule has 0 saturated carbocycles. The van der Waals surface area contributed by atoms with Crippen molar-refractivity contribution in [2.45, 2.75) is 25.4 Å². The number of piperidine rings is 1. The molecule has 1 aromatic rings. The SMILES string of the molecule is N#Cc1c(F)cccc1N1CCC(OCC2CCOC2)CC1. The zero-order valence-electron chi connectivity index (χ0n) is 12.6. The van der Waals surface area contributed by atoms with Crippen LogP contribution in [0.5, 0.6) is 0 Å². The number of nitrogens with zero attached hydrogens (tertiary/aromatic N) is 2. The number of benzene rings is 1. The first-order valence-corrected chi connectivity index (χ1v) is 7.91. The third-order valence-electron chi connectivity index (χ3n) is 4.48. The van der Waals surface area contributed by atoms with Gasteiger partial charge in [-0.2, -0.15) is 5.26 Å². The molecule has 0 bridgehead atoms. The van der Waals surface area contributed by atoms with Gasteiger partial charge in [-0.25, -0.2) is 4.39 Å². The molecule has 4 nitrogen and oxygen atoms in total. The molecule has 0 spiro atoms. The van der Waals surface area contributed by atoms with Crippen LogP contribution in [0.2, 0.25) is 0 Å². The van der Waals surface area contributed by atoms with Crippen LogP contribution in [-0.2, 0) is 9.47 Å². The molecule has 1 atom stereocenters. The number of hydrogen-bond donors (Lipinski definition) is 0. The summed E-state index contributed by atoms with van der Waals surface area (Å²) in [6.45, 7) is 4.03. The van der Waals surface area contributed by atoms with Crippen molar-refractivity contribution < 1.29 is 13.9 Å².